The first-order valence-corrected chi connectivity index (χ1v) is 8.48. The minimum atomic E-state index is -1.55. The highest BCUT2D eigenvalue weighted by Gasteiger charge is 2.45. The van der Waals surface area contributed by atoms with Crippen molar-refractivity contribution in [2.45, 2.75) is 49.2 Å². The Kier molecular flexibility index (Phi) is 6.42. The summed E-state index contributed by atoms with van der Waals surface area (Å²) in [7, 11) is 0. The number of aliphatic hydroxyl groups excluding tert-OH is 5. The number of nitrogens with zero attached hydrogens (tertiary/aromatic N) is 1. The van der Waals surface area contributed by atoms with Crippen LogP contribution in [0.25, 0.3) is 0 Å². The number of hydrogen-bond donors (Lipinski definition) is 5. The van der Waals surface area contributed by atoms with E-state index >= 15 is 0 Å². The molecule has 0 amide bonds. The zero-order chi connectivity index (χ0) is 20.4. The van der Waals surface area contributed by atoms with Gasteiger partial charge in [0.2, 0.25) is 6.29 Å². The number of nitro groups is 1. The number of hydrogen-bond acceptors (Lipinski definition) is 11. The summed E-state index contributed by atoms with van der Waals surface area (Å²) in [4.78, 5) is 10.1. The molecule has 2 heterocycles. The average molecular weight is 403 g/mol. The van der Waals surface area contributed by atoms with E-state index in [4.69, 9.17) is 18.9 Å². The van der Waals surface area contributed by atoms with E-state index in [0.29, 0.717) is 0 Å². The van der Waals surface area contributed by atoms with E-state index in [-0.39, 0.29) is 24.7 Å². The van der Waals surface area contributed by atoms with Gasteiger partial charge in [-0.1, -0.05) is 0 Å². The van der Waals surface area contributed by atoms with Crippen molar-refractivity contribution in [1.82, 2.24) is 0 Å². The number of non-ortho nitro benzene ring substituents is 1. The summed E-state index contributed by atoms with van der Waals surface area (Å²) in [6.45, 7) is -0.512. The van der Waals surface area contributed by atoms with Crippen molar-refractivity contribution < 1.29 is 49.4 Å². The summed E-state index contributed by atoms with van der Waals surface area (Å²) < 4.78 is 21.2. The molecule has 0 spiro atoms. The van der Waals surface area contributed by atoms with E-state index in [1.165, 1.54) is 24.3 Å². The van der Waals surface area contributed by atoms with Crippen molar-refractivity contribution in [3.05, 3.63) is 34.4 Å². The summed E-state index contributed by atoms with van der Waals surface area (Å²) in [5.41, 5.74) is -0.135. The van der Waals surface area contributed by atoms with E-state index in [0.717, 1.165) is 0 Å². The second-order valence-electron chi connectivity index (χ2n) is 6.48. The normalized spacial score (nSPS) is 38.8. The van der Waals surface area contributed by atoms with Crippen LogP contribution in [-0.4, -0.2) is 92.9 Å². The van der Waals surface area contributed by atoms with Gasteiger partial charge in [0.1, 0.15) is 42.4 Å². The van der Waals surface area contributed by atoms with Crippen LogP contribution >= 0.6 is 0 Å². The van der Waals surface area contributed by atoms with E-state index in [2.05, 4.69) is 0 Å². The fourth-order valence-corrected chi connectivity index (χ4v) is 2.84. The standard InChI is InChI=1S/C16H21NO11/c18-9-5-25-16(13(21)11(9)19)28-10-6-26-15(14(22)12(10)20)27-8-3-1-7(2-4-8)17(23)24/h1-4,9-16,18-22H,5-6H2/t9-,10-,11+,12-,13-,14-,15+,16+/m1/s1. The third kappa shape index (κ3) is 4.39. The third-order valence-corrected chi connectivity index (χ3v) is 4.50. The molecule has 2 fully saturated rings. The molecule has 5 N–H and O–H groups in total. The van der Waals surface area contributed by atoms with E-state index < -0.39 is 54.1 Å². The van der Waals surface area contributed by atoms with Gasteiger partial charge < -0.3 is 44.5 Å². The number of nitro benzene ring substituents is 1. The van der Waals surface area contributed by atoms with Crippen molar-refractivity contribution in [2.24, 2.45) is 0 Å². The molecule has 0 bridgehead atoms. The summed E-state index contributed by atoms with van der Waals surface area (Å²) in [5, 5.41) is 60.1. The van der Waals surface area contributed by atoms with Crippen molar-refractivity contribution >= 4 is 5.69 Å². The second-order valence-corrected chi connectivity index (χ2v) is 6.48. The minimum absolute atomic E-state index is 0.135. The smallest absolute Gasteiger partial charge is 0.269 e. The van der Waals surface area contributed by atoms with Crippen LogP contribution in [0.1, 0.15) is 0 Å². The van der Waals surface area contributed by atoms with Crippen LogP contribution in [0.3, 0.4) is 0 Å². The maximum atomic E-state index is 10.7. The lowest BCUT2D eigenvalue weighted by atomic mass is 10.0. The van der Waals surface area contributed by atoms with Gasteiger partial charge in [0.05, 0.1) is 18.1 Å². The molecule has 1 aromatic rings. The van der Waals surface area contributed by atoms with Crippen LogP contribution in [0.4, 0.5) is 5.69 Å². The van der Waals surface area contributed by atoms with Crippen LogP contribution in [0, 0.1) is 10.1 Å². The fraction of sp³-hybridized carbons (Fsp3) is 0.625. The van der Waals surface area contributed by atoms with Crippen LogP contribution in [0.5, 0.6) is 5.75 Å². The maximum absolute atomic E-state index is 10.7. The molecule has 12 nitrogen and oxygen atoms in total. The number of benzene rings is 1. The molecule has 0 unspecified atom stereocenters. The predicted molar refractivity (Wildman–Crippen MR) is 88.1 cm³/mol. The second kappa shape index (κ2) is 8.63. The van der Waals surface area contributed by atoms with E-state index in [1.807, 2.05) is 0 Å². The highest BCUT2D eigenvalue weighted by Crippen LogP contribution is 2.26. The molecule has 2 aliphatic rings. The fourth-order valence-electron chi connectivity index (χ4n) is 2.84. The SMILES string of the molecule is O=[N+]([O-])c1ccc(O[C@@H]2OC[C@@H](O[C@@H]3OC[C@@H](O)[C@H](O)[C@H]3O)[C@@H](O)[C@H]2O)cc1. The Balaban J connectivity index is 1.57. The lowest BCUT2D eigenvalue weighted by Crippen LogP contribution is -2.60. The Bertz CT molecular complexity index is 671. The zero-order valence-electron chi connectivity index (χ0n) is 14.5. The Morgan fingerprint density at radius 3 is 2.14 bits per heavy atom. The largest absolute Gasteiger partial charge is 0.462 e. The van der Waals surface area contributed by atoms with E-state index in [9.17, 15) is 35.6 Å². The average Bonchev–Trinajstić information content (AvgIpc) is 2.68. The zero-order valence-corrected chi connectivity index (χ0v) is 14.5. The molecule has 0 aliphatic carbocycles. The Morgan fingerprint density at radius 1 is 0.893 bits per heavy atom. The maximum Gasteiger partial charge on any atom is 0.269 e. The first kappa shape index (κ1) is 20.8. The molecule has 0 aromatic heterocycles. The molecule has 12 heteroatoms. The van der Waals surface area contributed by atoms with Crippen LogP contribution in [0.2, 0.25) is 0 Å². The lowest BCUT2D eigenvalue weighted by Gasteiger charge is -2.41. The molecule has 1 aromatic carbocycles. The molecule has 28 heavy (non-hydrogen) atoms. The molecular weight excluding hydrogens is 382 g/mol. The molecule has 0 radical (unpaired) electrons. The summed E-state index contributed by atoms with van der Waals surface area (Å²) in [6.07, 6.45) is -11.0. The Morgan fingerprint density at radius 2 is 1.50 bits per heavy atom. The highest BCUT2D eigenvalue weighted by atomic mass is 16.7. The van der Waals surface area contributed by atoms with Crippen molar-refractivity contribution in [1.29, 1.82) is 0 Å². The number of aliphatic hydroxyl groups is 5. The van der Waals surface area contributed by atoms with Crippen LogP contribution < -0.4 is 4.74 Å². The van der Waals surface area contributed by atoms with Crippen molar-refractivity contribution in [3.63, 3.8) is 0 Å². The molecule has 156 valence electrons. The molecular formula is C16H21NO11. The number of rotatable bonds is 5. The summed E-state index contributed by atoms with van der Waals surface area (Å²) in [5.74, 6) is 0.185. The van der Waals surface area contributed by atoms with Gasteiger partial charge in [-0.2, -0.15) is 0 Å². The van der Waals surface area contributed by atoms with Gasteiger partial charge in [-0.15, -0.1) is 0 Å². The predicted octanol–water partition coefficient (Wildman–Crippen LogP) is -2.12. The molecule has 8 atom stereocenters. The van der Waals surface area contributed by atoms with Gasteiger partial charge in [0, 0.05) is 12.1 Å². The Labute approximate surface area is 158 Å². The molecule has 2 saturated heterocycles. The van der Waals surface area contributed by atoms with Gasteiger partial charge in [0.25, 0.3) is 5.69 Å². The van der Waals surface area contributed by atoms with Gasteiger partial charge >= 0.3 is 0 Å². The third-order valence-electron chi connectivity index (χ3n) is 4.50. The first-order chi connectivity index (χ1) is 13.3. The Hall–Kier alpha value is -1.90. The quantitative estimate of drug-likeness (QED) is 0.268. The molecule has 0 saturated carbocycles. The lowest BCUT2D eigenvalue weighted by molar-refractivity contribution is -0.384. The summed E-state index contributed by atoms with van der Waals surface area (Å²) >= 11 is 0. The topological polar surface area (TPSA) is 181 Å². The van der Waals surface area contributed by atoms with Crippen molar-refractivity contribution in [2.75, 3.05) is 13.2 Å². The minimum Gasteiger partial charge on any atom is -0.462 e. The van der Waals surface area contributed by atoms with Crippen LogP contribution in [-0.2, 0) is 14.2 Å². The van der Waals surface area contributed by atoms with Gasteiger partial charge in [-0.05, 0) is 12.1 Å². The first-order valence-electron chi connectivity index (χ1n) is 8.48. The van der Waals surface area contributed by atoms with Gasteiger partial charge in [0.15, 0.2) is 6.29 Å². The van der Waals surface area contributed by atoms with Crippen LogP contribution in [0.15, 0.2) is 24.3 Å². The van der Waals surface area contributed by atoms with Gasteiger partial charge in [-0.25, -0.2) is 0 Å². The molecule has 2 aliphatic heterocycles. The van der Waals surface area contributed by atoms with E-state index in [1.54, 1.807) is 0 Å². The highest BCUT2D eigenvalue weighted by molar-refractivity contribution is 5.36. The monoisotopic (exact) mass is 403 g/mol. The number of ether oxygens (including phenoxy) is 4. The molecule has 3 rings (SSSR count). The van der Waals surface area contributed by atoms with Crippen molar-refractivity contribution in [3.8, 4) is 5.75 Å². The van der Waals surface area contributed by atoms with Gasteiger partial charge in [-0.3, -0.25) is 10.1 Å². The summed E-state index contributed by atoms with van der Waals surface area (Å²) in [6, 6.07) is 5.08.